The molecule has 3 rings (SSSR count). The van der Waals surface area contributed by atoms with Crippen LogP contribution in [0.4, 0.5) is 4.39 Å². The second-order valence-corrected chi connectivity index (χ2v) is 6.41. The summed E-state index contributed by atoms with van der Waals surface area (Å²) in [6.45, 7) is 4.65. The molecule has 1 fully saturated rings. The molecule has 1 saturated heterocycles. The Bertz CT molecular complexity index is 632. The molecule has 0 saturated carbocycles. The quantitative estimate of drug-likeness (QED) is 0.821. The number of aryl methyl sites for hydroxylation is 1. The Labute approximate surface area is 141 Å². The van der Waals surface area contributed by atoms with Crippen LogP contribution in [-0.2, 0) is 19.5 Å². The second-order valence-electron chi connectivity index (χ2n) is 6.41. The van der Waals surface area contributed by atoms with Crippen LogP contribution < -0.4 is 0 Å². The van der Waals surface area contributed by atoms with Gasteiger partial charge in [0, 0.05) is 50.1 Å². The second kappa shape index (κ2) is 7.76. The van der Waals surface area contributed by atoms with Crippen LogP contribution in [0.1, 0.15) is 30.6 Å². The highest BCUT2D eigenvalue weighted by Gasteiger charge is 2.32. The number of aromatic nitrogens is 5. The highest BCUT2D eigenvalue weighted by Crippen LogP contribution is 2.23. The van der Waals surface area contributed by atoms with Gasteiger partial charge in [0.2, 0.25) is 0 Å². The van der Waals surface area contributed by atoms with E-state index in [1.165, 1.54) is 6.33 Å². The molecular formula is C16H24FN7. The molecule has 0 aliphatic carbocycles. The van der Waals surface area contributed by atoms with Gasteiger partial charge in [-0.3, -0.25) is 14.9 Å². The molecular weight excluding hydrogens is 309 g/mol. The van der Waals surface area contributed by atoms with Crippen molar-refractivity contribution in [2.45, 2.75) is 45.1 Å². The van der Waals surface area contributed by atoms with Gasteiger partial charge in [-0.2, -0.15) is 5.10 Å². The van der Waals surface area contributed by atoms with E-state index in [-0.39, 0.29) is 6.04 Å². The molecule has 7 nitrogen and oxygen atoms in total. The van der Waals surface area contributed by atoms with Crippen molar-refractivity contribution in [3.63, 3.8) is 0 Å². The summed E-state index contributed by atoms with van der Waals surface area (Å²) in [5.74, 6) is 1.68. The van der Waals surface area contributed by atoms with E-state index >= 15 is 0 Å². The van der Waals surface area contributed by atoms with E-state index in [2.05, 4.69) is 34.9 Å². The average molecular weight is 333 g/mol. The van der Waals surface area contributed by atoms with Gasteiger partial charge in [-0.15, -0.1) is 0 Å². The maximum Gasteiger partial charge on any atom is 0.150 e. The first-order chi connectivity index (χ1) is 11.6. The molecule has 2 aromatic heterocycles. The molecule has 130 valence electrons. The maximum atomic E-state index is 13.9. The minimum Gasteiger partial charge on any atom is -0.297 e. The summed E-state index contributed by atoms with van der Waals surface area (Å²) in [7, 11) is 2.03. The van der Waals surface area contributed by atoms with Crippen LogP contribution in [0.2, 0.25) is 0 Å². The third kappa shape index (κ3) is 4.33. The van der Waals surface area contributed by atoms with Crippen LogP contribution in [0, 0.1) is 0 Å². The number of hydrogen-bond acceptors (Lipinski definition) is 6. The Kier molecular flexibility index (Phi) is 5.47. The first kappa shape index (κ1) is 16.9. The largest absolute Gasteiger partial charge is 0.297 e. The molecule has 24 heavy (non-hydrogen) atoms. The first-order valence-corrected chi connectivity index (χ1v) is 8.34. The Hall–Kier alpha value is -1.93. The van der Waals surface area contributed by atoms with Crippen molar-refractivity contribution < 1.29 is 4.39 Å². The average Bonchev–Trinajstić information content (AvgIpc) is 3.15. The fourth-order valence-corrected chi connectivity index (χ4v) is 3.20. The number of likely N-dealkylation sites (tertiary alicyclic amines) is 1. The number of H-pyrrole nitrogens is 1. The number of nitrogens with zero attached hydrogens (tertiary/aromatic N) is 6. The van der Waals surface area contributed by atoms with Crippen molar-refractivity contribution in [3.8, 4) is 0 Å². The van der Waals surface area contributed by atoms with E-state index in [0.717, 1.165) is 30.2 Å². The number of nitrogens with one attached hydrogen (secondary N) is 1. The standard InChI is InChI=1S/C16H24FN7/c1-3-15-20-16(22-21-15)10-23(2)9-14-4-13(17)8-24(14)7-12-5-18-11-19-6-12/h5-6,11,13-14H,3-4,7-10H2,1-2H3,(H,20,21,22)/t13-,14-/m0/s1. The Morgan fingerprint density at radius 2 is 2.17 bits per heavy atom. The maximum absolute atomic E-state index is 13.9. The van der Waals surface area contributed by atoms with Gasteiger partial charge >= 0.3 is 0 Å². The molecule has 0 spiro atoms. The lowest BCUT2D eigenvalue weighted by atomic mass is 10.2. The third-order valence-corrected chi connectivity index (χ3v) is 4.31. The van der Waals surface area contributed by atoms with E-state index in [1.807, 2.05) is 14.0 Å². The van der Waals surface area contributed by atoms with Crippen molar-refractivity contribution in [2.24, 2.45) is 0 Å². The van der Waals surface area contributed by atoms with Crippen LogP contribution in [0.15, 0.2) is 18.7 Å². The minimum absolute atomic E-state index is 0.179. The Morgan fingerprint density at radius 3 is 2.88 bits per heavy atom. The lowest BCUT2D eigenvalue weighted by Crippen LogP contribution is -2.38. The summed E-state index contributed by atoms with van der Waals surface area (Å²) in [4.78, 5) is 16.8. The molecule has 2 atom stereocenters. The molecule has 0 aromatic carbocycles. The molecule has 0 bridgehead atoms. The highest BCUT2D eigenvalue weighted by atomic mass is 19.1. The van der Waals surface area contributed by atoms with E-state index < -0.39 is 6.17 Å². The molecule has 0 radical (unpaired) electrons. The summed E-state index contributed by atoms with van der Waals surface area (Å²) in [5.41, 5.74) is 1.02. The predicted octanol–water partition coefficient (Wildman–Crippen LogP) is 1.20. The number of aromatic amines is 1. The van der Waals surface area contributed by atoms with Crippen molar-refractivity contribution in [3.05, 3.63) is 35.9 Å². The molecule has 1 aliphatic rings. The summed E-state index contributed by atoms with van der Waals surface area (Å²) in [6, 6.07) is 0.179. The lowest BCUT2D eigenvalue weighted by Gasteiger charge is -2.27. The number of likely N-dealkylation sites (N-methyl/N-ethyl adjacent to an activating group) is 1. The van der Waals surface area contributed by atoms with E-state index in [1.54, 1.807) is 12.4 Å². The number of halogens is 1. The summed E-state index contributed by atoms with van der Waals surface area (Å²) in [5, 5.41) is 7.12. The zero-order valence-electron chi connectivity index (χ0n) is 14.2. The van der Waals surface area contributed by atoms with Gasteiger partial charge in [-0.25, -0.2) is 19.3 Å². The molecule has 1 N–H and O–H groups in total. The first-order valence-electron chi connectivity index (χ1n) is 8.34. The van der Waals surface area contributed by atoms with Gasteiger partial charge in [0.1, 0.15) is 24.1 Å². The molecule has 8 heteroatoms. The van der Waals surface area contributed by atoms with Crippen molar-refractivity contribution in [1.82, 2.24) is 34.9 Å². The SMILES string of the molecule is CCc1n[nH]c(CN(C)C[C@@H]2C[C@H](F)CN2Cc2cncnc2)n1. The summed E-state index contributed by atoms with van der Waals surface area (Å²) < 4.78 is 13.9. The van der Waals surface area contributed by atoms with Crippen LogP contribution in [0.25, 0.3) is 0 Å². The summed E-state index contributed by atoms with van der Waals surface area (Å²) in [6.07, 6.45) is 5.71. The Balaban J connectivity index is 1.57. The molecule has 0 amide bonds. The smallest absolute Gasteiger partial charge is 0.150 e. The molecule has 2 aromatic rings. The van der Waals surface area contributed by atoms with Crippen LogP contribution in [-0.4, -0.2) is 67.3 Å². The minimum atomic E-state index is -0.773. The predicted molar refractivity (Wildman–Crippen MR) is 87.8 cm³/mol. The monoisotopic (exact) mass is 333 g/mol. The summed E-state index contributed by atoms with van der Waals surface area (Å²) >= 11 is 0. The topological polar surface area (TPSA) is 73.8 Å². The van der Waals surface area contributed by atoms with Gasteiger partial charge in [-0.05, 0) is 13.5 Å². The fourth-order valence-electron chi connectivity index (χ4n) is 3.20. The van der Waals surface area contributed by atoms with E-state index in [4.69, 9.17) is 0 Å². The molecule has 0 unspecified atom stereocenters. The van der Waals surface area contributed by atoms with Crippen LogP contribution in [0.5, 0.6) is 0 Å². The van der Waals surface area contributed by atoms with Gasteiger partial charge in [0.25, 0.3) is 0 Å². The number of rotatable bonds is 7. The Morgan fingerprint density at radius 1 is 1.38 bits per heavy atom. The van der Waals surface area contributed by atoms with E-state index in [0.29, 0.717) is 26.1 Å². The fraction of sp³-hybridized carbons (Fsp3) is 0.625. The van der Waals surface area contributed by atoms with Crippen molar-refractivity contribution in [1.29, 1.82) is 0 Å². The zero-order valence-corrected chi connectivity index (χ0v) is 14.2. The van der Waals surface area contributed by atoms with Crippen LogP contribution >= 0.6 is 0 Å². The van der Waals surface area contributed by atoms with Gasteiger partial charge in [0.05, 0.1) is 6.54 Å². The number of alkyl halides is 1. The van der Waals surface area contributed by atoms with Crippen LogP contribution in [0.3, 0.4) is 0 Å². The van der Waals surface area contributed by atoms with E-state index in [9.17, 15) is 4.39 Å². The highest BCUT2D eigenvalue weighted by molar-refractivity contribution is 5.04. The van der Waals surface area contributed by atoms with Gasteiger partial charge in [-0.1, -0.05) is 6.92 Å². The molecule has 3 heterocycles. The lowest BCUT2D eigenvalue weighted by molar-refractivity contribution is 0.178. The van der Waals surface area contributed by atoms with Gasteiger partial charge < -0.3 is 0 Å². The van der Waals surface area contributed by atoms with Crippen molar-refractivity contribution >= 4 is 0 Å². The number of hydrogen-bond donors (Lipinski definition) is 1. The van der Waals surface area contributed by atoms with Crippen molar-refractivity contribution in [2.75, 3.05) is 20.1 Å². The normalized spacial score (nSPS) is 21.7. The third-order valence-electron chi connectivity index (χ3n) is 4.31. The zero-order chi connectivity index (χ0) is 16.9. The molecule has 1 aliphatic heterocycles. The van der Waals surface area contributed by atoms with Gasteiger partial charge in [0.15, 0.2) is 0 Å².